The fraction of sp³-hybridized carbons (Fsp3) is 0.474. The van der Waals surface area contributed by atoms with Crippen LogP contribution in [-0.2, 0) is 4.74 Å². The van der Waals surface area contributed by atoms with Crippen LogP contribution in [0.4, 0.5) is 19.0 Å². The molecule has 6 nitrogen and oxygen atoms in total. The van der Waals surface area contributed by atoms with E-state index in [1.54, 1.807) is 6.20 Å². The van der Waals surface area contributed by atoms with E-state index < -0.39 is 18.9 Å². The number of anilines is 1. The van der Waals surface area contributed by atoms with Crippen molar-refractivity contribution in [2.75, 3.05) is 50.8 Å². The Balaban J connectivity index is 1.48. The molecule has 1 unspecified atom stereocenters. The van der Waals surface area contributed by atoms with Crippen LogP contribution in [-0.4, -0.2) is 78.2 Å². The fourth-order valence-corrected chi connectivity index (χ4v) is 3.07. The third-order valence-corrected chi connectivity index (χ3v) is 4.41. The molecule has 0 aliphatic carbocycles. The van der Waals surface area contributed by atoms with Crippen LogP contribution in [0.2, 0.25) is 0 Å². The molecule has 1 aliphatic heterocycles. The van der Waals surface area contributed by atoms with Gasteiger partial charge in [-0.15, -0.1) is 0 Å². The molecular weight excluding hydrogens is 373 g/mol. The van der Waals surface area contributed by atoms with E-state index in [2.05, 4.69) is 19.6 Å². The van der Waals surface area contributed by atoms with Gasteiger partial charge in [0.25, 0.3) is 0 Å². The van der Waals surface area contributed by atoms with Crippen molar-refractivity contribution >= 4 is 5.82 Å². The molecule has 0 amide bonds. The standard InChI is InChI=1S/C19H23F3N4O2/c20-19(21,22)14-28-13-16(27)12-25-8-10-26(11-9-25)17-6-7-23-18(24-17)15-4-2-1-3-5-15/h1-7,16,27H,8-14H2. The Labute approximate surface area is 161 Å². The number of rotatable bonds is 7. The SMILES string of the molecule is OC(COCC(F)(F)F)CN1CCN(c2ccnc(-c3ccccc3)n2)CC1. The van der Waals surface area contributed by atoms with Gasteiger partial charge in [0, 0.05) is 44.5 Å². The van der Waals surface area contributed by atoms with Gasteiger partial charge in [0.15, 0.2) is 5.82 Å². The van der Waals surface area contributed by atoms with Crippen molar-refractivity contribution in [2.45, 2.75) is 12.3 Å². The second-order valence-corrected chi connectivity index (χ2v) is 6.68. The quantitative estimate of drug-likeness (QED) is 0.774. The molecule has 152 valence electrons. The van der Waals surface area contributed by atoms with Gasteiger partial charge in [-0.2, -0.15) is 13.2 Å². The Morgan fingerprint density at radius 2 is 1.79 bits per heavy atom. The first-order valence-electron chi connectivity index (χ1n) is 9.09. The number of alkyl halides is 3. The summed E-state index contributed by atoms with van der Waals surface area (Å²) in [5, 5.41) is 9.88. The number of aliphatic hydroxyl groups excluding tert-OH is 1. The molecule has 1 saturated heterocycles. The summed E-state index contributed by atoms with van der Waals surface area (Å²) >= 11 is 0. The molecule has 1 atom stereocenters. The third-order valence-electron chi connectivity index (χ3n) is 4.41. The summed E-state index contributed by atoms with van der Waals surface area (Å²) in [4.78, 5) is 13.1. The summed E-state index contributed by atoms with van der Waals surface area (Å²) < 4.78 is 40.7. The highest BCUT2D eigenvalue weighted by Gasteiger charge is 2.28. The van der Waals surface area contributed by atoms with Gasteiger partial charge in [-0.3, -0.25) is 4.90 Å². The van der Waals surface area contributed by atoms with Crippen LogP contribution >= 0.6 is 0 Å². The molecule has 1 aromatic heterocycles. The van der Waals surface area contributed by atoms with Gasteiger partial charge >= 0.3 is 6.18 Å². The number of β-amino-alcohol motifs (C(OH)–C–C–N with tert-alkyl or cyclic N) is 1. The fourth-order valence-electron chi connectivity index (χ4n) is 3.07. The van der Waals surface area contributed by atoms with Crippen LogP contribution < -0.4 is 4.90 Å². The van der Waals surface area contributed by atoms with Gasteiger partial charge < -0.3 is 14.7 Å². The Bertz CT molecular complexity index is 737. The van der Waals surface area contributed by atoms with Crippen molar-refractivity contribution in [1.82, 2.24) is 14.9 Å². The normalized spacial score (nSPS) is 16.9. The molecule has 0 bridgehead atoms. The summed E-state index contributed by atoms with van der Waals surface area (Å²) in [5.74, 6) is 1.50. The predicted molar refractivity (Wildman–Crippen MR) is 99.0 cm³/mol. The van der Waals surface area contributed by atoms with E-state index in [0.717, 1.165) is 11.4 Å². The zero-order chi connectivity index (χ0) is 20.0. The lowest BCUT2D eigenvalue weighted by atomic mass is 10.2. The van der Waals surface area contributed by atoms with Crippen molar-refractivity contribution < 1.29 is 23.0 Å². The first kappa shape index (κ1) is 20.5. The number of hydrogen-bond donors (Lipinski definition) is 1. The maximum atomic E-state index is 12.1. The Morgan fingerprint density at radius 1 is 1.07 bits per heavy atom. The van der Waals surface area contributed by atoms with Crippen LogP contribution in [0, 0.1) is 0 Å². The van der Waals surface area contributed by atoms with E-state index in [4.69, 9.17) is 0 Å². The number of nitrogens with zero attached hydrogens (tertiary/aromatic N) is 4. The van der Waals surface area contributed by atoms with Crippen molar-refractivity contribution in [2.24, 2.45) is 0 Å². The topological polar surface area (TPSA) is 61.7 Å². The summed E-state index contributed by atoms with van der Waals surface area (Å²) in [6.45, 7) is 1.40. The minimum absolute atomic E-state index is 0.282. The van der Waals surface area contributed by atoms with Gasteiger partial charge in [-0.25, -0.2) is 9.97 Å². The Kier molecular flexibility index (Phi) is 6.82. The molecule has 1 N–H and O–H groups in total. The highest BCUT2D eigenvalue weighted by molar-refractivity contribution is 5.57. The van der Waals surface area contributed by atoms with Gasteiger partial charge in [-0.1, -0.05) is 30.3 Å². The van der Waals surface area contributed by atoms with E-state index in [-0.39, 0.29) is 13.2 Å². The Hall–Kier alpha value is -2.23. The van der Waals surface area contributed by atoms with Crippen molar-refractivity contribution in [3.05, 3.63) is 42.6 Å². The van der Waals surface area contributed by atoms with Crippen molar-refractivity contribution in [3.8, 4) is 11.4 Å². The predicted octanol–water partition coefficient (Wildman–Crippen LogP) is 2.21. The van der Waals surface area contributed by atoms with Crippen molar-refractivity contribution in [3.63, 3.8) is 0 Å². The molecule has 1 aromatic carbocycles. The number of hydrogen-bond acceptors (Lipinski definition) is 6. The smallest absolute Gasteiger partial charge is 0.389 e. The number of ether oxygens (including phenoxy) is 1. The van der Waals surface area contributed by atoms with Gasteiger partial charge in [0.2, 0.25) is 0 Å². The molecular formula is C19H23F3N4O2. The van der Waals surface area contributed by atoms with E-state index in [0.29, 0.717) is 32.0 Å². The minimum atomic E-state index is -4.37. The lowest BCUT2D eigenvalue weighted by molar-refractivity contribution is -0.179. The molecule has 2 aromatic rings. The van der Waals surface area contributed by atoms with Gasteiger partial charge in [0.05, 0.1) is 12.7 Å². The molecule has 1 fully saturated rings. The van der Waals surface area contributed by atoms with Crippen LogP contribution in [0.1, 0.15) is 0 Å². The average Bonchev–Trinajstić information content (AvgIpc) is 2.68. The van der Waals surface area contributed by atoms with Crippen molar-refractivity contribution in [1.29, 1.82) is 0 Å². The number of benzene rings is 1. The lowest BCUT2D eigenvalue weighted by Crippen LogP contribution is -2.49. The largest absolute Gasteiger partial charge is 0.411 e. The molecule has 3 rings (SSSR count). The molecule has 0 spiro atoms. The first-order valence-corrected chi connectivity index (χ1v) is 9.09. The van der Waals surface area contributed by atoms with E-state index in [9.17, 15) is 18.3 Å². The molecule has 9 heteroatoms. The van der Waals surface area contributed by atoms with Crippen LogP contribution in [0.3, 0.4) is 0 Å². The van der Waals surface area contributed by atoms with E-state index in [1.807, 2.05) is 41.3 Å². The highest BCUT2D eigenvalue weighted by Crippen LogP contribution is 2.19. The average molecular weight is 396 g/mol. The Morgan fingerprint density at radius 3 is 2.46 bits per heavy atom. The number of aliphatic hydroxyl groups is 1. The van der Waals surface area contributed by atoms with E-state index >= 15 is 0 Å². The number of piperazine rings is 1. The molecule has 0 radical (unpaired) electrons. The number of halogens is 3. The van der Waals surface area contributed by atoms with E-state index in [1.165, 1.54) is 0 Å². The number of aromatic nitrogens is 2. The monoisotopic (exact) mass is 396 g/mol. The highest BCUT2D eigenvalue weighted by atomic mass is 19.4. The first-order chi connectivity index (χ1) is 13.4. The lowest BCUT2D eigenvalue weighted by Gasteiger charge is -2.36. The maximum absolute atomic E-state index is 12.1. The second-order valence-electron chi connectivity index (χ2n) is 6.68. The van der Waals surface area contributed by atoms with Crippen LogP contribution in [0.5, 0.6) is 0 Å². The van der Waals surface area contributed by atoms with Gasteiger partial charge in [-0.05, 0) is 6.07 Å². The summed E-state index contributed by atoms with van der Waals surface area (Å²) in [5.41, 5.74) is 0.949. The summed E-state index contributed by atoms with van der Waals surface area (Å²) in [6, 6.07) is 11.6. The third kappa shape index (κ3) is 6.15. The van der Waals surface area contributed by atoms with Crippen LogP contribution in [0.15, 0.2) is 42.6 Å². The summed E-state index contributed by atoms with van der Waals surface area (Å²) in [7, 11) is 0. The zero-order valence-corrected chi connectivity index (χ0v) is 15.3. The zero-order valence-electron chi connectivity index (χ0n) is 15.3. The molecule has 28 heavy (non-hydrogen) atoms. The molecule has 0 saturated carbocycles. The molecule has 1 aliphatic rings. The van der Waals surface area contributed by atoms with Crippen LogP contribution in [0.25, 0.3) is 11.4 Å². The van der Waals surface area contributed by atoms with Gasteiger partial charge in [0.1, 0.15) is 12.4 Å². The molecule has 2 heterocycles. The summed E-state index contributed by atoms with van der Waals surface area (Å²) in [6.07, 6.45) is -3.59. The minimum Gasteiger partial charge on any atom is -0.389 e. The maximum Gasteiger partial charge on any atom is 0.411 e. The second kappa shape index (κ2) is 9.31.